The van der Waals surface area contributed by atoms with E-state index in [-0.39, 0.29) is 10.8 Å². The van der Waals surface area contributed by atoms with Gasteiger partial charge in [0.15, 0.2) is 0 Å². The van der Waals surface area contributed by atoms with Gasteiger partial charge in [0, 0.05) is 56.2 Å². The summed E-state index contributed by atoms with van der Waals surface area (Å²) in [4.78, 5) is 11.6. The third-order valence-electron chi connectivity index (χ3n) is 6.72. The summed E-state index contributed by atoms with van der Waals surface area (Å²) in [5, 5.41) is 7.34. The molecule has 0 amide bonds. The van der Waals surface area contributed by atoms with Gasteiger partial charge >= 0.3 is 0 Å². The predicted molar refractivity (Wildman–Crippen MR) is 152 cm³/mol. The zero-order valence-electron chi connectivity index (χ0n) is 22.6. The first-order valence-electron chi connectivity index (χ1n) is 13.0. The van der Waals surface area contributed by atoms with Gasteiger partial charge in [-0.15, -0.1) is 0 Å². The number of aryl methyl sites for hydroxylation is 3. The molecule has 204 valence electrons. The lowest BCUT2D eigenvalue weighted by molar-refractivity contribution is 0.456. The second-order valence-electron chi connectivity index (χ2n) is 9.64. The maximum Gasteiger partial charge on any atom is 0.267 e. The molecule has 0 atom stereocenters. The van der Waals surface area contributed by atoms with Crippen molar-refractivity contribution in [3.63, 3.8) is 0 Å². The summed E-state index contributed by atoms with van der Waals surface area (Å²) >= 11 is 0. The summed E-state index contributed by atoms with van der Waals surface area (Å²) < 4.78 is 36.5. The van der Waals surface area contributed by atoms with Crippen molar-refractivity contribution in [3.8, 4) is 22.9 Å². The minimum Gasteiger partial charge on any atom is -0.439 e. The molecule has 2 N–H and O–H groups in total. The Morgan fingerprint density at radius 3 is 2.46 bits per heavy atom. The fourth-order valence-corrected chi connectivity index (χ4v) is 5.53. The molecule has 0 spiro atoms. The monoisotopic (exact) mass is 547 g/mol. The van der Waals surface area contributed by atoms with Gasteiger partial charge in [0.2, 0.25) is 11.8 Å². The lowest BCUT2D eigenvalue weighted by atomic mass is 9.98. The van der Waals surface area contributed by atoms with Gasteiger partial charge in [-0.3, -0.25) is 4.68 Å². The molecule has 3 heterocycles. The number of piperazine rings is 1. The molecule has 0 aliphatic carbocycles. The molecule has 1 aliphatic rings. The maximum atomic E-state index is 13.1. The standard InChI is InChI=1S/C28H33N7O3S/c1-5-24-26(25-16-19(2)6-7-20(25)3)31-28(33-39(36,37)23-17-30-34(4)18-23)32-27(24)38-22-10-8-21(9-11-22)35-14-12-29-13-15-35/h6-11,16-18,29H,5,12-15H2,1-4H3,(H,31,32,33). The second-order valence-corrected chi connectivity index (χ2v) is 11.3. The molecule has 1 fully saturated rings. The predicted octanol–water partition coefficient (Wildman–Crippen LogP) is 4.06. The lowest BCUT2D eigenvalue weighted by Crippen LogP contribution is -2.43. The van der Waals surface area contributed by atoms with E-state index >= 15 is 0 Å². The largest absolute Gasteiger partial charge is 0.439 e. The van der Waals surface area contributed by atoms with Crippen molar-refractivity contribution in [2.24, 2.45) is 7.05 Å². The minimum absolute atomic E-state index is 0.0208. The molecular formula is C28H33N7O3S. The van der Waals surface area contributed by atoms with Gasteiger partial charge < -0.3 is 15.0 Å². The molecule has 2 aromatic heterocycles. The van der Waals surface area contributed by atoms with E-state index in [1.165, 1.54) is 17.1 Å². The molecule has 10 nitrogen and oxygen atoms in total. The van der Waals surface area contributed by atoms with Gasteiger partial charge in [0.05, 0.1) is 11.9 Å². The number of hydrogen-bond acceptors (Lipinski definition) is 8. The number of ether oxygens (including phenoxy) is 1. The third-order valence-corrected chi connectivity index (χ3v) is 8.00. The summed E-state index contributed by atoms with van der Waals surface area (Å²) in [7, 11) is -2.31. The van der Waals surface area contributed by atoms with Crippen molar-refractivity contribution < 1.29 is 13.2 Å². The highest BCUT2D eigenvalue weighted by Gasteiger charge is 2.23. The lowest BCUT2D eigenvalue weighted by Gasteiger charge is -2.29. The molecular weight excluding hydrogens is 514 g/mol. The fourth-order valence-electron chi connectivity index (χ4n) is 4.60. The molecule has 5 rings (SSSR count). The maximum absolute atomic E-state index is 13.1. The van der Waals surface area contributed by atoms with Crippen LogP contribution in [0.3, 0.4) is 0 Å². The first-order valence-corrected chi connectivity index (χ1v) is 14.5. The minimum atomic E-state index is -3.96. The Kier molecular flexibility index (Phi) is 7.53. The molecule has 0 radical (unpaired) electrons. The number of benzene rings is 2. The van der Waals surface area contributed by atoms with Crippen LogP contribution >= 0.6 is 0 Å². The third kappa shape index (κ3) is 5.89. The molecule has 0 saturated carbocycles. The molecule has 0 unspecified atom stereocenters. The number of aromatic nitrogens is 4. The van der Waals surface area contributed by atoms with Crippen LogP contribution in [0.4, 0.5) is 11.6 Å². The molecule has 4 aromatic rings. The van der Waals surface area contributed by atoms with E-state index in [4.69, 9.17) is 4.74 Å². The number of nitrogens with zero attached hydrogens (tertiary/aromatic N) is 5. The smallest absolute Gasteiger partial charge is 0.267 e. The first-order chi connectivity index (χ1) is 18.7. The number of sulfonamides is 1. The summed E-state index contributed by atoms with van der Waals surface area (Å²) in [5.74, 6) is 0.844. The Balaban J connectivity index is 1.55. The first kappa shape index (κ1) is 26.6. The Hall–Kier alpha value is -3.96. The average Bonchev–Trinajstić information content (AvgIpc) is 3.38. The highest BCUT2D eigenvalue weighted by atomic mass is 32.2. The van der Waals surface area contributed by atoms with Crippen LogP contribution in [0.15, 0.2) is 59.8 Å². The summed E-state index contributed by atoms with van der Waals surface area (Å²) in [6.07, 6.45) is 3.30. The Labute approximate surface area is 229 Å². The molecule has 11 heteroatoms. The van der Waals surface area contributed by atoms with Crippen LogP contribution in [0.2, 0.25) is 0 Å². The zero-order valence-corrected chi connectivity index (χ0v) is 23.4. The van der Waals surface area contributed by atoms with E-state index in [0.29, 0.717) is 23.7 Å². The molecule has 2 aromatic carbocycles. The van der Waals surface area contributed by atoms with Crippen molar-refractivity contribution >= 4 is 21.7 Å². The number of anilines is 2. The summed E-state index contributed by atoms with van der Waals surface area (Å²) in [5.41, 5.74) is 5.53. The van der Waals surface area contributed by atoms with Gasteiger partial charge in [-0.05, 0) is 56.2 Å². The van der Waals surface area contributed by atoms with Crippen LogP contribution in [-0.2, 0) is 23.5 Å². The average molecular weight is 548 g/mol. The molecule has 39 heavy (non-hydrogen) atoms. The van der Waals surface area contributed by atoms with Gasteiger partial charge in [-0.1, -0.05) is 24.6 Å². The fraction of sp³-hybridized carbons (Fsp3) is 0.321. The summed E-state index contributed by atoms with van der Waals surface area (Å²) in [6, 6.07) is 14.0. The van der Waals surface area contributed by atoms with E-state index < -0.39 is 10.0 Å². The van der Waals surface area contributed by atoms with Crippen molar-refractivity contribution in [3.05, 3.63) is 71.5 Å². The van der Waals surface area contributed by atoms with Gasteiger partial charge in [-0.2, -0.15) is 10.1 Å². The highest BCUT2D eigenvalue weighted by molar-refractivity contribution is 7.92. The quantitative estimate of drug-likeness (QED) is 0.340. The Morgan fingerprint density at radius 2 is 1.79 bits per heavy atom. The van der Waals surface area contributed by atoms with E-state index in [2.05, 4.69) is 30.0 Å². The van der Waals surface area contributed by atoms with E-state index in [0.717, 1.165) is 54.1 Å². The SMILES string of the molecule is CCc1c(Oc2ccc(N3CCNCC3)cc2)nc(NS(=O)(=O)c2cnn(C)c2)nc1-c1cc(C)ccc1C. The molecule has 1 aliphatic heterocycles. The second kappa shape index (κ2) is 11.0. The Morgan fingerprint density at radius 1 is 1.05 bits per heavy atom. The number of hydrogen-bond donors (Lipinski definition) is 2. The van der Waals surface area contributed by atoms with Gasteiger partial charge in [0.1, 0.15) is 10.6 Å². The van der Waals surface area contributed by atoms with Gasteiger partial charge in [0.25, 0.3) is 10.0 Å². The van der Waals surface area contributed by atoms with Crippen LogP contribution in [-0.4, -0.2) is 54.3 Å². The van der Waals surface area contributed by atoms with Crippen LogP contribution in [0.5, 0.6) is 11.6 Å². The van der Waals surface area contributed by atoms with Crippen LogP contribution in [0.25, 0.3) is 11.3 Å². The van der Waals surface area contributed by atoms with Crippen molar-refractivity contribution in [2.75, 3.05) is 35.8 Å². The number of nitrogens with one attached hydrogen (secondary N) is 2. The summed E-state index contributed by atoms with van der Waals surface area (Å²) in [6.45, 7) is 9.84. The van der Waals surface area contributed by atoms with Crippen LogP contribution < -0.4 is 19.7 Å². The van der Waals surface area contributed by atoms with Crippen molar-refractivity contribution in [1.82, 2.24) is 25.1 Å². The van der Waals surface area contributed by atoms with Gasteiger partial charge in [-0.25, -0.2) is 18.1 Å². The topological polar surface area (TPSA) is 114 Å². The Bertz CT molecular complexity index is 1580. The molecule has 1 saturated heterocycles. The van der Waals surface area contributed by atoms with Crippen LogP contribution in [0.1, 0.15) is 23.6 Å². The number of rotatable bonds is 8. The van der Waals surface area contributed by atoms with Crippen molar-refractivity contribution in [2.45, 2.75) is 32.1 Å². The normalized spacial score (nSPS) is 13.9. The van der Waals surface area contributed by atoms with Crippen LogP contribution in [0, 0.1) is 13.8 Å². The van der Waals surface area contributed by atoms with E-state index in [1.807, 2.05) is 63.2 Å². The van der Waals surface area contributed by atoms with E-state index in [9.17, 15) is 8.42 Å². The van der Waals surface area contributed by atoms with Crippen molar-refractivity contribution in [1.29, 1.82) is 0 Å². The van der Waals surface area contributed by atoms with E-state index in [1.54, 1.807) is 7.05 Å². The molecule has 0 bridgehead atoms. The highest BCUT2D eigenvalue weighted by Crippen LogP contribution is 2.35. The zero-order chi connectivity index (χ0) is 27.6.